The van der Waals surface area contributed by atoms with Crippen molar-refractivity contribution in [3.05, 3.63) is 65.2 Å². The number of benzene rings is 2. The molecular formula is C16H14ClNO. The van der Waals surface area contributed by atoms with Crippen LogP contribution in [0.2, 0.25) is 5.02 Å². The molecule has 2 aromatic carbocycles. The second-order valence-corrected chi connectivity index (χ2v) is 4.37. The molecular weight excluding hydrogens is 258 g/mol. The Hall–Kier alpha value is -2.06. The molecule has 0 spiro atoms. The Labute approximate surface area is 118 Å². The number of methoxy groups -OCH3 is 1. The fraction of sp³-hybridized carbons (Fsp3) is 0.0625. The van der Waals surface area contributed by atoms with Crippen molar-refractivity contribution in [1.82, 2.24) is 0 Å². The Morgan fingerprint density at radius 1 is 1.11 bits per heavy atom. The van der Waals surface area contributed by atoms with E-state index in [2.05, 4.69) is 11.6 Å². The average molecular weight is 272 g/mol. The van der Waals surface area contributed by atoms with Gasteiger partial charge in [0.1, 0.15) is 5.75 Å². The van der Waals surface area contributed by atoms with Gasteiger partial charge in [-0.1, -0.05) is 30.3 Å². The van der Waals surface area contributed by atoms with Gasteiger partial charge in [-0.15, -0.1) is 0 Å². The van der Waals surface area contributed by atoms with Gasteiger partial charge in [-0.25, -0.2) is 0 Å². The van der Waals surface area contributed by atoms with E-state index in [1.807, 2.05) is 42.5 Å². The maximum atomic E-state index is 5.98. The van der Waals surface area contributed by atoms with Gasteiger partial charge in [0.2, 0.25) is 0 Å². The first-order chi connectivity index (χ1) is 9.22. The number of hydrogen-bond acceptors (Lipinski definition) is 2. The summed E-state index contributed by atoms with van der Waals surface area (Å²) in [4.78, 5) is 4.41. The molecule has 3 heteroatoms. The van der Waals surface area contributed by atoms with E-state index >= 15 is 0 Å². The summed E-state index contributed by atoms with van der Waals surface area (Å²) < 4.78 is 5.10. The average Bonchev–Trinajstić information content (AvgIpc) is 2.46. The predicted octanol–water partition coefficient (Wildman–Crippen LogP) is 4.74. The van der Waals surface area contributed by atoms with E-state index in [1.54, 1.807) is 19.4 Å². The minimum Gasteiger partial charge on any atom is -0.497 e. The molecule has 0 radical (unpaired) electrons. The lowest BCUT2D eigenvalue weighted by Gasteiger charge is -2.02. The molecule has 2 aromatic rings. The summed E-state index contributed by atoms with van der Waals surface area (Å²) in [6.07, 6.45) is 3.57. The molecule has 0 saturated carbocycles. The quantitative estimate of drug-likeness (QED) is 0.736. The largest absolute Gasteiger partial charge is 0.497 e. The first kappa shape index (κ1) is 13.4. The van der Waals surface area contributed by atoms with Crippen LogP contribution in [0.3, 0.4) is 0 Å². The van der Waals surface area contributed by atoms with Gasteiger partial charge >= 0.3 is 0 Å². The molecule has 0 bridgehead atoms. The van der Waals surface area contributed by atoms with Crippen molar-refractivity contribution < 1.29 is 4.74 Å². The molecule has 0 amide bonds. The van der Waals surface area contributed by atoms with Crippen molar-refractivity contribution in [1.29, 1.82) is 0 Å². The second kappa shape index (κ2) is 6.21. The number of nitrogens with zero attached hydrogens (tertiary/aromatic N) is 1. The maximum absolute atomic E-state index is 5.98. The lowest BCUT2D eigenvalue weighted by molar-refractivity contribution is 0.415. The minimum absolute atomic E-state index is 0.682. The Morgan fingerprint density at radius 2 is 1.84 bits per heavy atom. The molecule has 96 valence electrons. The third-order valence-electron chi connectivity index (χ3n) is 2.69. The van der Waals surface area contributed by atoms with Crippen LogP contribution in [0.25, 0.3) is 6.08 Å². The van der Waals surface area contributed by atoms with Gasteiger partial charge < -0.3 is 4.74 Å². The molecule has 19 heavy (non-hydrogen) atoms. The van der Waals surface area contributed by atoms with Gasteiger partial charge in [-0.2, -0.15) is 0 Å². The predicted molar refractivity (Wildman–Crippen MR) is 81.8 cm³/mol. The Bertz CT molecular complexity index is 603. The van der Waals surface area contributed by atoms with Crippen molar-refractivity contribution >= 4 is 29.6 Å². The zero-order chi connectivity index (χ0) is 13.7. The molecule has 0 aliphatic rings. The number of aliphatic imine (C=N–C) groups is 1. The first-order valence-electron chi connectivity index (χ1n) is 5.83. The molecule has 2 rings (SSSR count). The highest BCUT2D eigenvalue weighted by atomic mass is 35.5. The first-order valence-corrected chi connectivity index (χ1v) is 6.21. The molecule has 0 heterocycles. The molecule has 0 atom stereocenters. The van der Waals surface area contributed by atoms with E-state index in [9.17, 15) is 0 Å². The zero-order valence-corrected chi connectivity index (χ0v) is 11.4. The van der Waals surface area contributed by atoms with Gasteiger partial charge in [0.05, 0.1) is 12.8 Å². The van der Waals surface area contributed by atoms with E-state index in [1.165, 1.54) is 0 Å². The Balaban J connectivity index is 2.26. The SMILES string of the molecule is C=Cc1ccc(Cl)cc1C=Nc1ccc(OC)cc1. The van der Waals surface area contributed by atoms with Crippen LogP contribution in [0, 0.1) is 0 Å². The summed E-state index contributed by atoms with van der Waals surface area (Å²) in [6.45, 7) is 3.78. The van der Waals surface area contributed by atoms with Crippen LogP contribution in [0.1, 0.15) is 11.1 Å². The van der Waals surface area contributed by atoms with E-state index in [0.717, 1.165) is 22.6 Å². The van der Waals surface area contributed by atoms with E-state index in [4.69, 9.17) is 16.3 Å². The lowest BCUT2D eigenvalue weighted by atomic mass is 10.1. The summed E-state index contributed by atoms with van der Waals surface area (Å²) in [6, 6.07) is 13.2. The Morgan fingerprint density at radius 3 is 2.47 bits per heavy atom. The molecule has 0 N–H and O–H groups in total. The molecule has 0 aromatic heterocycles. The van der Waals surface area contributed by atoms with Gasteiger partial charge in [-0.05, 0) is 42.0 Å². The van der Waals surface area contributed by atoms with E-state index < -0.39 is 0 Å². The van der Waals surface area contributed by atoms with Crippen LogP contribution in [-0.2, 0) is 0 Å². The Kier molecular flexibility index (Phi) is 4.37. The van der Waals surface area contributed by atoms with E-state index in [-0.39, 0.29) is 0 Å². The number of rotatable bonds is 4. The van der Waals surface area contributed by atoms with Gasteiger partial charge in [0.25, 0.3) is 0 Å². The summed E-state index contributed by atoms with van der Waals surface area (Å²) in [5, 5.41) is 0.682. The maximum Gasteiger partial charge on any atom is 0.119 e. The van der Waals surface area contributed by atoms with Gasteiger partial charge in [0.15, 0.2) is 0 Å². The van der Waals surface area contributed by atoms with Crippen LogP contribution < -0.4 is 4.74 Å². The summed E-state index contributed by atoms with van der Waals surface area (Å²) in [5.41, 5.74) is 2.80. The monoisotopic (exact) mass is 271 g/mol. The summed E-state index contributed by atoms with van der Waals surface area (Å²) in [7, 11) is 1.64. The van der Waals surface area contributed by atoms with Crippen molar-refractivity contribution in [3.63, 3.8) is 0 Å². The van der Waals surface area contributed by atoms with Crippen LogP contribution in [0.5, 0.6) is 5.75 Å². The standard InChI is InChI=1S/C16H14ClNO/c1-3-12-4-5-14(17)10-13(12)11-18-15-6-8-16(19-2)9-7-15/h3-11H,1H2,2H3. The lowest BCUT2D eigenvalue weighted by Crippen LogP contribution is -1.86. The third kappa shape index (κ3) is 3.46. The highest BCUT2D eigenvalue weighted by Crippen LogP contribution is 2.19. The number of ether oxygens (including phenoxy) is 1. The molecule has 0 unspecified atom stereocenters. The van der Waals surface area contributed by atoms with Crippen LogP contribution >= 0.6 is 11.6 Å². The van der Waals surface area contributed by atoms with Crippen LogP contribution in [0.4, 0.5) is 5.69 Å². The van der Waals surface area contributed by atoms with Crippen LogP contribution in [-0.4, -0.2) is 13.3 Å². The molecule has 0 aliphatic heterocycles. The number of halogens is 1. The highest BCUT2D eigenvalue weighted by Gasteiger charge is 1.98. The summed E-state index contributed by atoms with van der Waals surface area (Å²) >= 11 is 5.98. The molecule has 0 fully saturated rings. The smallest absolute Gasteiger partial charge is 0.119 e. The molecule has 0 aliphatic carbocycles. The second-order valence-electron chi connectivity index (χ2n) is 3.93. The highest BCUT2D eigenvalue weighted by molar-refractivity contribution is 6.30. The third-order valence-corrected chi connectivity index (χ3v) is 2.93. The zero-order valence-electron chi connectivity index (χ0n) is 10.6. The van der Waals surface area contributed by atoms with Crippen molar-refractivity contribution in [3.8, 4) is 5.75 Å². The topological polar surface area (TPSA) is 21.6 Å². The summed E-state index contributed by atoms with van der Waals surface area (Å²) in [5.74, 6) is 0.813. The van der Waals surface area contributed by atoms with Gasteiger partial charge in [0, 0.05) is 16.8 Å². The fourth-order valence-electron chi connectivity index (χ4n) is 1.66. The van der Waals surface area contributed by atoms with Gasteiger partial charge in [-0.3, -0.25) is 4.99 Å². The molecule has 0 saturated heterocycles. The number of hydrogen-bond donors (Lipinski definition) is 0. The fourth-order valence-corrected chi connectivity index (χ4v) is 1.84. The van der Waals surface area contributed by atoms with Crippen molar-refractivity contribution in [2.75, 3.05) is 7.11 Å². The molecule has 2 nitrogen and oxygen atoms in total. The van der Waals surface area contributed by atoms with Crippen molar-refractivity contribution in [2.45, 2.75) is 0 Å². The van der Waals surface area contributed by atoms with Crippen LogP contribution in [0.15, 0.2) is 54.0 Å². The normalized spacial score (nSPS) is 10.6. The van der Waals surface area contributed by atoms with Crippen molar-refractivity contribution in [2.24, 2.45) is 4.99 Å². The minimum atomic E-state index is 0.682. The van der Waals surface area contributed by atoms with E-state index in [0.29, 0.717) is 5.02 Å².